The standard InChI is InChI=1S/C25H26N2O5S2/c1-18-4-11-22(12-5-18)34(28,29)32-15-3-14-26-20-8-6-19(7-9-20)25-27-23-13-10-21(31-17-30-2)16-24(23)33-25/h4-13,16,26H,3,14-15,17H2,1-2H3. The molecule has 4 aromatic rings. The molecule has 0 radical (unpaired) electrons. The van der Waals surface area contributed by atoms with Gasteiger partial charge in [0.1, 0.15) is 10.8 Å². The molecule has 3 aromatic carbocycles. The lowest BCUT2D eigenvalue weighted by atomic mass is 10.2. The molecule has 0 atom stereocenters. The van der Waals surface area contributed by atoms with Crippen molar-refractivity contribution in [2.45, 2.75) is 18.2 Å². The fourth-order valence-electron chi connectivity index (χ4n) is 3.22. The molecule has 1 N–H and O–H groups in total. The lowest BCUT2D eigenvalue weighted by molar-refractivity contribution is 0.0512. The predicted octanol–water partition coefficient (Wildman–Crippen LogP) is 5.46. The summed E-state index contributed by atoms with van der Waals surface area (Å²) in [5.74, 6) is 0.750. The van der Waals surface area contributed by atoms with Crippen molar-refractivity contribution in [3.05, 3.63) is 72.3 Å². The van der Waals surface area contributed by atoms with Crippen LogP contribution in [0.5, 0.6) is 5.75 Å². The van der Waals surface area contributed by atoms with Crippen molar-refractivity contribution in [3.63, 3.8) is 0 Å². The molecule has 0 fully saturated rings. The third kappa shape index (κ3) is 6.12. The Morgan fingerprint density at radius 2 is 1.76 bits per heavy atom. The van der Waals surface area contributed by atoms with E-state index in [2.05, 4.69) is 5.32 Å². The Labute approximate surface area is 203 Å². The monoisotopic (exact) mass is 498 g/mol. The predicted molar refractivity (Wildman–Crippen MR) is 135 cm³/mol. The van der Waals surface area contributed by atoms with Gasteiger partial charge >= 0.3 is 0 Å². The van der Waals surface area contributed by atoms with E-state index in [1.807, 2.05) is 49.4 Å². The lowest BCUT2D eigenvalue weighted by Gasteiger charge is -2.08. The first-order valence-electron chi connectivity index (χ1n) is 10.8. The molecule has 0 bridgehead atoms. The van der Waals surface area contributed by atoms with E-state index in [-0.39, 0.29) is 18.3 Å². The maximum absolute atomic E-state index is 12.2. The molecule has 1 aromatic heterocycles. The number of anilines is 1. The zero-order valence-electron chi connectivity index (χ0n) is 19.0. The zero-order chi connectivity index (χ0) is 24.0. The Morgan fingerprint density at radius 3 is 2.50 bits per heavy atom. The highest BCUT2D eigenvalue weighted by molar-refractivity contribution is 7.86. The van der Waals surface area contributed by atoms with Crippen LogP contribution in [0.4, 0.5) is 5.69 Å². The minimum absolute atomic E-state index is 0.114. The SMILES string of the molecule is COCOc1ccc2nc(-c3ccc(NCCCOS(=O)(=O)c4ccc(C)cc4)cc3)sc2c1. The normalized spacial score (nSPS) is 11.6. The number of rotatable bonds is 11. The van der Waals surface area contributed by atoms with E-state index in [0.29, 0.717) is 13.0 Å². The fraction of sp³-hybridized carbons (Fsp3) is 0.240. The molecular formula is C25H26N2O5S2. The van der Waals surface area contributed by atoms with Crippen molar-refractivity contribution in [3.8, 4) is 16.3 Å². The topological polar surface area (TPSA) is 86.8 Å². The molecule has 4 rings (SSSR count). The first kappa shape index (κ1) is 24.2. The van der Waals surface area contributed by atoms with Crippen LogP contribution in [0.1, 0.15) is 12.0 Å². The van der Waals surface area contributed by atoms with Gasteiger partial charge in [-0.3, -0.25) is 4.18 Å². The van der Waals surface area contributed by atoms with Gasteiger partial charge in [-0.2, -0.15) is 8.42 Å². The first-order valence-corrected chi connectivity index (χ1v) is 13.0. The van der Waals surface area contributed by atoms with Gasteiger partial charge in [-0.15, -0.1) is 11.3 Å². The van der Waals surface area contributed by atoms with Crippen molar-refractivity contribution in [1.29, 1.82) is 0 Å². The van der Waals surface area contributed by atoms with Gasteiger partial charge in [0.15, 0.2) is 6.79 Å². The second-order valence-electron chi connectivity index (χ2n) is 7.65. The number of aromatic nitrogens is 1. The van der Waals surface area contributed by atoms with Crippen molar-refractivity contribution in [1.82, 2.24) is 4.98 Å². The highest BCUT2D eigenvalue weighted by Crippen LogP contribution is 2.32. The molecule has 0 saturated carbocycles. The van der Waals surface area contributed by atoms with Gasteiger partial charge in [0.05, 0.1) is 21.7 Å². The summed E-state index contributed by atoms with van der Waals surface area (Å²) in [5, 5.41) is 4.22. The van der Waals surface area contributed by atoms with Crippen LogP contribution < -0.4 is 10.1 Å². The summed E-state index contributed by atoms with van der Waals surface area (Å²) in [6, 6.07) is 20.4. The van der Waals surface area contributed by atoms with Crippen molar-refractivity contribution >= 4 is 37.4 Å². The molecule has 1 heterocycles. The maximum Gasteiger partial charge on any atom is 0.296 e. The molecule has 0 amide bonds. The Balaban J connectivity index is 1.28. The van der Waals surface area contributed by atoms with Gasteiger partial charge in [0.2, 0.25) is 0 Å². The van der Waals surface area contributed by atoms with E-state index in [0.717, 1.165) is 37.8 Å². The molecule has 7 nitrogen and oxygen atoms in total. The number of nitrogens with one attached hydrogen (secondary N) is 1. The summed E-state index contributed by atoms with van der Waals surface area (Å²) in [4.78, 5) is 4.89. The lowest BCUT2D eigenvalue weighted by Crippen LogP contribution is -2.11. The summed E-state index contributed by atoms with van der Waals surface area (Å²) in [5.41, 5.74) is 3.90. The van der Waals surface area contributed by atoms with E-state index < -0.39 is 10.1 Å². The average molecular weight is 499 g/mol. The van der Waals surface area contributed by atoms with Crippen LogP contribution in [0.15, 0.2) is 71.6 Å². The molecule has 0 aliphatic heterocycles. The van der Waals surface area contributed by atoms with Gasteiger partial charge in [0.25, 0.3) is 10.1 Å². The summed E-state index contributed by atoms with van der Waals surface area (Å²) < 4.78 is 41.1. The van der Waals surface area contributed by atoms with E-state index in [1.165, 1.54) is 0 Å². The fourth-order valence-corrected chi connectivity index (χ4v) is 5.16. The second kappa shape index (κ2) is 11.0. The summed E-state index contributed by atoms with van der Waals surface area (Å²) in [6.07, 6.45) is 0.554. The highest BCUT2D eigenvalue weighted by atomic mass is 32.2. The van der Waals surface area contributed by atoms with Crippen LogP contribution in [-0.4, -0.2) is 40.5 Å². The van der Waals surface area contributed by atoms with Crippen LogP contribution in [0, 0.1) is 6.92 Å². The third-order valence-corrected chi connectivity index (χ3v) is 7.43. The average Bonchev–Trinajstić information content (AvgIpc) is 3.26. The molecule has 9 heteroatoms. The maximum atomic E-state index is 12.2. The summed E-state index contributed by atoms with van der Waals surface area (Å²) in [6.45, 7) is 2.82. The second-order valence-corrected chi connectivity index (χ2v) is 10.3. The molecule has 0 aliphatic rings. The molecule has 0 unspecified atom stereocenters. The smallest absolute Gasteiger partial charge is 0.296 e. The Kier molecular flexibility index (Phi) is 7.79. The third-order valence-electron chi connectivity index (χ3n) is 5.03. The first-order chi connectivity index (χ1) is 16.4. The van der Waals surface area contributed by atoms with Crippen molar-refractivity contribution in [2.24, 2.45) is 0 Å². The van der Waals surface area contributed by atoms with E-state index in [9.17, 15) is 8.42 Å². The highest BCUT2D eigenvalue weighted by Gasteiger charge is 2.14. The van der Waals surface area contributed by atoms with Gasteiger partial charge < -0.3 is 14.8 Å². The van der Waals surface area contributed by atoms with Crippen LogP contribution in [0.3, 0.4) is 0 Å². The largest absolute Gasteiger partial charge is 0.468 e. The number of methoxy groups -OCH3 is 1. The van der Waals surface area contributed by atoms with Crippen molar-refractivity contribution in [2.75, 3.05) is 32.4 Å². The van der Waals surface area contributed by atoms with Crippen molar-refractivity contribution < 1.29 is 22.1 Å². The summed E-state index contributed by atoms with van der Waals surface area (Å²) in [7, 11) is -2.13. The number of thiazole rings is 1. The van der Waals surface area contributed by atoms with Gasteiger partial charge in [-0.05, 0) is 67.9 Å². The number of hydrogen-bond acceptors (Lipinski definition) is 8. The molecule has 0 spiro atoms. The van der Waals surface area contributed by atoms with E-state index in [1.54, 1.807) is 42.7 Å². The minimum Gasteiger partial charge on any atom is -0.468 e. The van der Waals surface area contributed by atoms with Crippen LogP contribution in [-0.2, 0) is 19.0 Å². The van der Waals surface area contributed by atoms with Gasteiger partial charge in [-0.1, -0.05) is 17.7 Å². The quantitative estimate of drug-likeness (QED) is 0.167. The molecular weight excluding hydrogens is 472 g/mol. The van der Waals surface area contributed by atoms with Crippen LogP contribution in [0.25, 0.3) is 20.8 Å². The number of aryl methyl sites for hydroxylation is 1. The number of hydrogen-bond donors (Lipinski definition) is 1. The van der Waals surface area contributed by atoms with Crippen LogP contribution in [0.2, 0.25) is 0 Å². The molecule has 178 valence electrons. The van der Waals surface area contributed by atoms with E-state index >= 15 is 0 Å². The zero-order valence-corrected chi connectivity index (χ0v) is 20.6. The van der Waals surface area contributed by atoms with Gasteiger partial charge in [-0.25, -0.2) is 4.98 Å². The number of ether oxygens (including phenoxy) is 2. The van der Waals surface area contributed by atoms with Crippen LogP contribution >= 0.6 is 11.3 Å². The number of fused-ring (bicyclic) bond motifs is 1. The molecule has 34 heavy (non-hydrogen) atoms. The Morgan fingerprint density at radius 1 is 1.00 bits per heavy atom. The number of benzene rings is 3. The Hall–Kier alpha value is -2.98. The minimum atomic E-state index is -3.72. The Bertz CT molecular complexity index is 1330. The molecule has 0 saturated heterocycles. The molecule has 0 aliphatic carbocycles. The van der Waals surface area contributed by atoms with Gasteiger partial charge in [0, 0.05) is 24.9 Å². The van der Waals surface area contributed by atoms with E-state index in [4.69, 9.17) is 18.6 Å². The summed E-state index contributed by atoms with van der Waals surface area (Å²) >= 11 is 1.60. The number of nitrogens with zero attached hydrogens (tertiary/aromatic N) is 1.